The van der Waals surface area contributed by atoms with Gasteiger partial charge in [0.1, 0.15) is 12.7 Å². The van der Waals surface area contributed by atoms with E-state index in [0.29, 0.717) is 6.61 Å². The van der Waals surface area contributed by atoms with Crippen LogP contribution in [-0.4, -0.2) is 24.2 Å². The van der Waals surface area contributed by atoms with Crippen LogP contribution in [0.4, 0.5) is 0 Å². The molecular formula is C13H14N2O2S. The van der Waals surface area contributed by atoms with Crippen molar-refractivity contribution in [3.63, 3.8) is 0 Å². The van der Waals surface area contributed by atoms with E-state index in [1.165, 1.54) is 0 Å². The van der Waals surface area contributed by atoms with E-state index in [0.717, 1.165) is 30.3 Å². The van der Waals surface area contributed by atoms with Crippen molar-refractivity contribution in [3.05, 3.63) is 40.8 Å². The zero-order valence-corrected chi connectivity index (χ0v) is 10.7. The zero-order valence-electron chi connectivity index (χ0n) is 9.83. The number of nitrogens with one attached hydrogen (secondary N) is 1. The fraction of sp³-hybridized carbons (Fsp3) is 0.308. The summed E-state index contributed by atoms with van der Waals surface area (Å²) in [6.07, 6.45) is 0.0542. The zero-order chi connectivity index (χ0) is 12.2. The summed E-state index contributed by atoms with van der Waals surface area (Å²) in [5.41, 5.74) is 2.91. The lowest BCUT2D eigenvalue weighted by Crippen LogP contribution is -2.38. The Kier molecular flexibility index (Phi) is 3.43. The molecule has 1 aliphatic heterocycles. The normalized spacial score (nSPS) is 17.7. The number of benzene rings is 1. The Morgan fingerprint density at radius 2 is 2.22 bits per heavy atom. The van der Waals surface area contributed by atoms with Gasteiger partial charge in [0, 0.05) is 18.5 Å². The molecule has 18 heavy (non-hydrogen) atoms. The van der Waals surface area contributed by atoms with Gasteiger partial charge in [0.2, 0.25) is 0 Å². The summed E-state index contributed by atoms with van der Waals surface area (Å²) in [5.74, 6) is 1.65. The molecule has 0 saturated heterocycles. The minimum atomic E-state index is 0.0542. The van der Waals surface area contributed by atoms with Gasteiger partial charge in [0.25, 0.3) is 0 Å². The second kappa shape index (κ2) is 5.37. The van der Waals surface area contributed by atoms with Gasteiger partial charge < -0.3 is 14.8 Å². The maximum atomic E-state index is 5.85. The Hall–Kier alpha value is -1.59. The Balaban J connectivity index is 1.51. The van der Waals surface area contributed by atoms with Crippen molar-refractivity contribution in [1.82, 2.24) is 10.3 Å². The molecule has 1 atom stereocenters. The molecule has 0 unspecified atom stereocenters. The van der Waals surface area contributed by atoms with E-state index in [1.807, 2.05) is 35.2 Å². The first kappa shape index (κ1) is 11.5. The molecule has 0 aliphatic carbocycles. The number of aromatic nitrogens is 1. The highest BCUT2D eigenvalue weighted by Gasteiger charge is 2.19. The number of hydrogen-bond acceptors (Lipinski definition) is 5. The topological polar surface area (TPSA) is 43.4 Å². The number of thiazole rings is 1. The van der Waals surface area contributed by atoms with E-state index in [2.05, 4.69) is 10.3 Å². The summed E-state index contributed by atoms with van der Waals surface area (Å²) in [7, 11) is 0. The Labute approximate surface area is 110 Å². The maximum absolute atomic E-state index is 5.85. The van der Waals surface area contributed by atoms with Crippen molar-refractivity contribution in [2.75, 3.05) is 13.2 Å². The van der Waals surface area contributed by atoms with Crippen molar-refractivity contribution in [2.45, 2.75) is 12.6 Å². The van der Waals surface area contributed by atoms with Gasteiger partial charge >= 0.3 is 0 Å². The van der Waals surface area contributed by atoms with Gasteiger partial charge in [-0.05, 0) is 12.1 Å². The van der Waals surface area contributed by atoms with Crippen molar-refractivity contribution in [1.29, 1.82) is 0 Å². The lowest BCUT2D eigenvalue weighted by Gasteiger charge is -2.26. The lowest BCUT2D eigenvalue weighted by molar-refractivity contribution is 0.0902. The molecule has 0 fully saturated rings. The van der Waals surface area contributed by atoms with E-state index >= 15 is 0 Å². The van der Waals surface area contributed by atoms with E-state index in [-0.39, 0.29) is 6.10 Å². The standard InChI is InChI=1S/C13H14N2O2S/c1-2-4-13-12(3-1)16-7-11(17-13)6-14-5-10-8-18-9-15-10/h1-4,8-9,11,14H,5-7H2/t11-/m0/s1. The molecule has 3 rings (SSSR count). The van der Waals surface area contributed by atoms with Crippen LogP contribution in [0.3, 0.4) is 0 Å². The first-order chi connectivity index (χ1) is 8.92. The fourth-order valence-electron chi connectivity index (χ4n) is 1.85. The van der Waals surface area contributed by atoms with Crippen LogP contribution in [0.2, 0.25) is 0 Å². The molecule has 1 aromatic heterocycles. The molecule has 0 radical (unpaired) electrons. The average molecular weight is 262 g/mol. The largest absolute Gasteiger partial charge is 0.486 e. The first-order valence-electron chi connectivity index (χ1n) is 5.88. The number of para-hydroxylation sites is 2. The molecule has 5 heteroatoms. The molecule has 1 aliphatic rings. The molecule has 0 amide bonds. The Morgan fingerprint density at radius 3 is 3.06 bits per heavy atom. The van der Waals surface area contributed by atoms with Gasteiger partial charge in [-0.2, -0.15) is 0 Å². The van der Waals surface area contributed by atoms with E-state index in [9.17, 15) is 0 Å². The highest BCUT2D eigenvalue weighted by atomic mass is 32.1. The van der Waals surface area contributed by atoms with E-state index < -0.39 is 0 Å². The molecule has 0 spiro atoms. The predicted molar refractivity (Wildman–Crippen MR) is 70.2 cm³/mol. The summed E-state index contributed by atoms with van der Waals surface area (Å²) in [4.78, 5) is 4.22. The summed E-state index contributed by atoms with van der Waals surface area (Å²) in [6.45, 7) is 2.11. The summed E-state index contributed by atoms with van der Waals surface area (Å²) in [5, 5.41) is 5.37. The SMILES string of the molecule is c1ccc2c(c1)OC[C@H](CNCc1cscn1)O2. The minimum Gasteiger partial charge on any atom is -0.486 e. The molecule has 1 N–H and O–H groups in total. The van der Waals surface area contributed by atoms with E-state index in [4.69, 9.17) is 9.47 Å². The van der Waals surface area contributed by atoms with Crippen LogP contribution in [0.5, 0.6) is 11.5 Å². The van der Waals surface area contributed by atoms with Gasteiger partial charge in [-0.3, -0.25) is 0 Å². The maximum Gasteiger partial charge on any atom is 0.161 e. The first-order valence-corrected chi connectivity index (χ1v) is 6.82. The lowest BCUT2D eigenvalue weighted by atomic mass is 10.2. The highest BCUT2D eigenvalue weighted by molar-refractivity contribution is 7.07. The van der Waals surface area contributed by atoms with Gasteiger partial charge in [-0.25, -0.2) is 4.98 Å². The van der Waals surface area contributed by atoms with Crippen LogP contribution < -0.4 is 14.8 Å². The average Bonchev–Trinajstić information content (AvgIpc) is 2.92. The number of nitrogens with zero attached hydrogens (tertiary/aromatic N) is 1. The van der Waals surface area contributed by atoms with Crippen LogP contribution in [0.25, 0.3) is 0 Å². The van der Waals surface area contributed by atoms with Crippen molar-refractivity contribution < 1.29 is 9.47 Å². The molecular weight excluding hydrogens is 248 g/mol. The molecule has 2 aromatic rings. The molecule has 4 nitrogen and oxygen atoms in total. The van der Waals surface area contributed by atoms with Crippen LogP contribution in [0.1, 0.15) is 5.69 Å². The molecule has 2 heterocycles. The second-order valence-electron chi connectivity index (χ2n) is 4.11. The van der Waals surface area contributed by atoms with Crippen LogP contribution in [-0.2, 0) is 6.54 Å². The smallest absolute Gasteiger partial charge is 0.161 e. The van der Waals surface area contributed by atoms with Crippen LogP contribution in [0.15, 0.2) is 35.2 Å². The Morgan fingerprint density at radius 1 is 1.33 bits per heavy atom. The van der Waals surface area contributed by atoms with Crippen molar-refractivity contribution in [3.8, 4) is 11.5 Å². The highest BCUT2D eigenvalue weighted by Crippen LogP contribution is 2.30. The summed E-state index contributed by atoms with van der Waals surface area (Å²) >= 11 is 1.61. The second-order valence-corrected chi connectivity index (χ2v) is 4.83. The number of rotatable bonds is 4. The van der Waals surface area contributed by atoms with Crippen LogP contribution in [0, 0.1) is 0 Å². The monoisotopic (exact) mass is 262 g/mol. The molecule has 0 saturated carbocycles. The minimum absolute atomic E-state index is 0.0542. The van der Waals surface area contributed by atoms with Gasteiger partial charge in [0.15, 0.2) is 11.5 Å². The van der Waals surface area contributed by atoms with E-state index in [1.54, 1.807) is 11.3 Å². The number of ether oxygens (including phenoxy) is 2. The number of fused-ring (bicyclic) bond motifs is 1. The van der Waals surface area contributed by atoms with Crippen molar-refractivity contribution in [2.24, 2.45) is 0 Å². The molecule has 94 valence electrons. The van der Waals surface area contributed by atoms with Gasteiger partial charge in [-0.1, -0.05) is 12.1 Å². The predicted octanol–water partition coefficient (Wildman–Crippen LogP) is 2.07. The van der Waals surface area contributed by atoms with Crippen molar-refractivity contribution >= 4 is 11.3 Å². The third-order valence-corrected chi connectivity index (χ3v) is 3.36. The third-order valence-electron chi connectivity index (χ3n) is 2.73. The fourth-order valence-corrected chi connectivity index (χ4v) is 2.41. The molecule has 0 bridgehead atoms. The summed E-state index contributed by atoms with van der Waals surface area (Å²) < 4.78 is 11.5. The van der Waals surface area contributed by atoms with Crippen LogP contribution >= 0.6 is 11.3 Å². The van der Waals surface area contributed by atoms with Gasteiger partial charge in [0.05, 0.1) is 11.2 Å². The van der Waals surface area contributed by atoms with Gasteiger partial charge in [-0.15, -0.1) is 11.3 Å². The summed E-state index contributed by atoms with van der Waals surface area (Å²) in [6, 6.07) is 7.76. The Bertz CT molecular complexity index is 501. The molecule has 1 aromatic carbocycles. The quantitative estimate of drug-likeness (QED) is 0.916. The third kappa shape index (κ3) is 2.63. The number of hydrogen-bond donors (Lipinski definition) is 1.